The molecule has 2 aromatic heterocycles. The molecule has 0 unspecified atom stereocenters. The third kappa shape index (κ3) is 5.55. The lowest BCUT2D eigenvalue weighted by atomic mass is 10.1. The van der Waals surface area contributed by atoms with Gasteiger partial charge in [-0.25, -0.2) is 15.1 Å². The third-order valence-corrected chi connectivity index (χ3v) is 5.31. The summed E-state index contributed by atoms with van der Waals surface area (Å²) in [7, 11) is 0. The van der Waals surface area contributed by atoms with Crippen LogP contribution in [0.3, 0.4) is 0 Å². The molecule has 0 saturated carbocycles. The van der Waals surface area contributed by atoms with Gasteiger partial charge in [0, 0.05) is 55.9 Å². The first-order valence-corrected chi connectivity index (χ1v) is 10.4. The summed E-state index contributed by atoms with van der Waals surface area (Å²) in [5, 5.41) is 7.95. The van der Waals surface area contributed by atoms with Crippen molar-refractivity contribution in [3.05, 3.63) is 69.8 Å². The molecule has 1 aromatic carbocycles. The van der Waals surface area contributed by atoms with E-state index >= 15 is 0 Å². The minimum absolute atomic E-state index is 0.118. The molecule has 0 spiro atoms. The first-order valence-electron chi connectivity index (χ1n) is 10.4. The average Bonchev–Trinajstić information content (AvgIpc) is 2.84. The van der Waals surface area contributed by atoms with Crippen LogP contribution in [0.25, 0.3) is 0 Å². The van der Waals surface area contributed by atoms with E-state index in [1.165, 1.54) is 29.2 Å². The molecule has 15 heteroatoms. The number of alkyl halides is 6. The average molecular weight is 513 g/mol. The van der Waals surface area contributed by atoms with E-state index in [-0.39, 0.29) is 55.1 Å². The number of hydrogen-bond donors (Lipinski definition) is 2. The number of halogens is 6. The Morgan fingerprint density at radius 1 is 0.944 bits per heavy atom. The fourth-order valence-corrected chi connectivity index (χ4v) is 3.48. The van der Waals surface area contributed by atoms with E-state index in [9.17, 15) is 35.9 Å². The van der Waals surface area contributed by atoms with Crippen molar-refractivity contribution in [2.45, 2.75) is 12.4 Å². The maximum Gasteiger partial charge on any atom is 0.421 e. The molecular formula is C21H17F6N7O2. The summed E-state index contributed by atoms with van der Waals surface area (Å²) < 4.78 is 77.0. The number of H-pyrrole nitrogens is 1. The third-order valence-electron chi connectivity index (χ3n) is 5.31. The fourth-order valence-electron chi connectivity index (χ4n) is 3.48. The van der Waals surface area contributed by atoms with Crippen LogP contribution in [0.1, 0.15) is 21.5 Å². The van der Waals surface area contributed by atoms with Crippen LogP contribution in [0, 0.1) is 0 Å². The lowest BCUT2D eigenvalue weighted by Gasteiger charge is -2.34. The first kappa shape index (κ1) is 24.9. The van der Waals surface area contributed by atoms with E-state index in [0.29, 0.717) is 18.5 Å². The summed E-state index contributed by atoms with van der Waals surface area (Å²) >= 11 is 0. The monoisotopic (exact) mass is 513 g/mol. The predicted molar refractivity (Wildman–Crippen MR) is 115 cm³/mol. The highest BCUT2D eigenvalue weighted by Gasteiger charge is 2.35. The molecule has 1 saturated heterocycles. The van der Waals surface area contributed by atoms with Gasteiger partial charge in [0.05, 0.1) is 5.56 Å². The van der Waals surface area contributed by atoms with E-state index in [2.05, 4.69) is 20.4 Å². The van der Waals surface area contributed by atoms with Crippen LogP contribution in [0.5, 0.6) is 0 Å². The first-order chi connectivity index (χ1) is 16.9. The number of nitrogens with zero attached hydrogens (tertiary/aromatic N) is 5. The summed E-state index contributed by atoms with van der Waals surface area (Å²) in [6.45, 7) is 1.07. The highest BCUT2D eigenvalue weighted by molar-refractivity contribution is 5.95. The van der Waals surface area contributed by atoms with Gasteiger partial charge in [-0.15, -0.1) is 0 Å². The molecule has 9 nitrogen and oxygen atoms in total. The van der Waals surface area contributed by atoms with Crippen molar-refractivity contribution in [1.29, 1.82) is 0 Å². The summed E-state index contributed by atoms with van der Waals surface area (Å²) in [5.74, 6) is -0.498. The lowest BCUT2D eigenvalue weighted by molar-refractivity contribution is -0.139. The van der Waals surface area contributed by atoms with Gasteiger partial charge >= 0.3 is 12.4 Å². The molecule has 0 bridgehead atoms. The van der Waals surface area contributed by atoms with Crippen molar-refractivity contribution < 1.29 is 31.1 Å². The van der Waals surface area contributed by atoms with Crippen LogP contribution in [-0.4, -0.2) is 57.2 Å². The molecule has 0 radical (unpaired) electrons. The zero-order chi connectivity index (χ0) is 26.1. The Hall–Kier alpha value is -4.17. The van der Waals surface area contributed by atoms with Crippen LogP contribution in [0.4, 0.5) is 43.8 Å². The molecule has 1 aliphatic rings. The Bertz CT molecular complexity index is 1300. The van der Waals surface area contributed by atoms with E-state index in [4.69, 9.17) is 0 Å². The lowest BCUT2D eigenvalue weighted by Crippen LogP contribution is -2.49. The summed E-state index contributed by atoms with van der Waals surface area (Å²) in [6.07, 6.45) is -8.00. The van der Waals surface area contributed by atoms with Crippen LogP contribution in [0.2, 0.25) is 0 Å². The quantitative estimate of drug-likeness (QED) is 0.516. The number of hydrogen-bond acceptors (Lipinski definition) is 7. The topological polar surface area (TPSA) is 107 Å². The minimum Gasteiger partial charge on any atom is -0.339 e. The Kier molecular flexibility index (Phi) is 6.56. The summed E-state index contributed by atoms with van der Waals surface area (Å²) in [4.78, 5) is 35.0. The van der Waals surface area contributed by atoms with Gasteiger partial charge in [0.25, 0.3) is 11.5 Å². The molecule has 36 heavy (non-hydrogen) atoms. The standard InChI is InChI=1S/C21H17F6N7O2/c22-20(23,24)13-10-28-19(29-11-13)34-6-4-33(5-7-34)18(36)12-2-1-3-14(8-12)30-16-9-15(21(25,26)27)17(35)32-31-16/h1-3,8-11H,4-7H2,(H,30,31)(H,32,35). The number of nitrogens with one attached hydrogen (secondary N) is 2. The Morgan fingerprint density at radius 3 is 2.22 bits per heavy atom. The zero-order valence-corrected chi connectivity index (χ0v) is 18.2. The van der Waals surface area contributed by atoms with Crippen LogP contribution >= 0.6 is 0 Å². The van der Waals surface area contributed by atoms with Crippen molar-refractivity contribution in [1.82, 2.24) is 25.1 Å². The zero-order valence-electron chi connectivity index (χ0n) is 18.2. The van der Waals surface area contributed by atoms with Gasteiger partial charge in [0.2, 0.25) is 5.95 Å². The number of aromatic amines is 1. The fraction of sp³-hybridized carbons (Fsp3) is 0.286. The molecule has 0 aliphatic carbocycles. The molecule has 0 atom stereocenters. The number of anilines is 3. The number of piperazine rings is 1. The van der Waals surface area contributed by atoms with Crippen LogP contribution < -0.4 is 15.8 Å². The number of aromatic nitrogens is 4. The van der Waals surface area contributed by atoms with E-state index in [0.717, 1.165) is 0 Å². The molecule has 1 amide bonds. The van der Waals surface area contributed by atoms with Gasteiger partial charge in [0.15, 0.2) is 5.82 Å². The van der Waals surface area contributed by atoms with Crippen LogP contribution in [-0.2, 0) is 12.4 Å². The second-order valence-electron chi connectivity index (χ2n) is 7.75. The van der Waals surface area contributed by atoms with E-state index in [1.54, 1.807) is 10.00 Å². The largest absolute Gasteiger partial charge is 0.421 e. The normalized spacial score (nSPS) is 14.6. The second kappa shape index (κ2) is 9.47. The highest BCUT2D eigenvalue weighted by atomic mass is 19.4. The highest BCUT2D eigenvalue weighted by Crippen LogP contribution is 2.29. The van der Waals surface area contributed by atoms with Gasteiger partial charge in [-0.3, -0.25) is 9.59 Å². The Morgan fingerprint density at radius 2 is 1.61 bits per heavy atom. The van der Waals surface area contributed by atoms with Crippen molar-refractivity contribution in [2.24, 2.45) is 0 Å². The van der Waals surface area contributed by atoms with Gasteiger partial charge in [-0.1, -0.05) is 6.07 Å². The second-order valence-corrected chi connectivity index (χ2v) is 7.75. The number of rotatable bonds is 4. The molecule has 3 heterocycles. The number of carbonyl (C=O) groups is 1. The Labute approximate surface area is 198 Å². The van der Waals surface area contributed by atoms with Gasteiger partial charge in [-0.05, 0) is 18.2 Å². The molecular weight excluding hydrogens is 496 g/mol. The minimum atomic E-state index is -4.86. The molecule has 1 aliphatic heterocycles. The summed E-state index contributed by atoms with van der Waals surface area (Å²) in [6, 6.07) is 6.55. The number of benzene rings is 1. The van der Waals surface area contributed by atoms with Crippen molar-refractivity contribution >= 4 is 23.4 Å². The number of amides is 1. The van der Waals surface area contributed by atoms with Crippen molar-refractivity contribution in [3.63, 3.8) is 0 Å². The predicted octanol–water partition coefficient (Wildman–Crippen LogP) is 3.30. The van der Waals surface area contributed by atoms with Gasteiger partial charge in [-0.2, -0.15) is 31.4 Å². The maximum absolute atomic E-state index is 13.0. The van der Waals surface area contributed by atoms with Gasteiger partial charge < -0.3 is 15.1 Å². The smallest absolute Gasteiger partial charge is 0.339 e. The Balaban J connectivity index is 1.41. The summed E-state index contributed by atoms with van der Waals surface area (Å²) in [5.41, 5.74) is -3.23. The van der Waals surface area contributed by atoms with Gasteiger partial charge in [0.1, 0.15) is 5.56 Å². The molecule has 4 rings (SSSR count). The van der Waals surface area contributed by atoms with Crippen molar-refractivity contribution in [2.75, 3.05) is 36.4 Å². The molecule has 190 valence electrons. The maximum atomic E-state index is 13.0. The number of carbonyl (C=O) groups excluding carboxylic acids is 1. The molecule has 3 aromatic rings. The van der Waals surface area contributed by atoms with E-state index in [1.807, 2.05) is 0 Å². The molecule has 2 N–H and O–H groups in total. The molecule has 1 fully saturated rings. The van der Waals surface area contributed by atoms with E-state index < -0.39 is 29.0 Å². The SMILES string of the molecule is O=C(c1cccc(Nc2cc(C(F)(F)F)c(=O)[nH]n2)c1)N1CCN(c2ncc(C(F)(F)F)cn2)CC1. The van der Waals surface area contributed by atoms with Crippen molar-refractivity contribution in [3.8, 4) is 0 Å². The van der Waals surface area contributed by atoms with Crippen LogP contribution in [0.15, 0.2) is 47.5 Å².